The van der Waals surface area contributed by atoms with Crippen molar-refractivity contribution in [2.45, 2.75) is 43.8 Å². The first-order valence-corrected chi connectivity index (χ1v) is 9.11. The standard InChI is InChI=1S/C20H22O6/c1-10-8-18-9-19(10,24)6-4-11(18)20-7-5-12(21)17(2,16(23)26-20)14(20)13(18)15(22)25-3/h5,7,11,13-14,24H,1,4,6,8-9H2,2-3H3/t11-,13-,14-,17+,18+,19+,20-/m1/s1. The fourth-order valence-corrected chi connectivity index (χ4v) is 7.09. The predicted molar refractivity (Wildman–Crippen MR) is 88.6 cm³/mol. The smallest absolute Gasteiger partial charge is 0.321 e. The van der Waals surface area contributed by atoms with Gasteiger partial charge in [0.1, 0.15) is 11.0 Å². The molecule has 1 heterocycles. The van der Waals surface area contributed by atoms with Crippen molar-refractivity contribution in [3.8, 4) is 0 Å². The molecule has 0 aromatic carbocycles. The van der Waals surface area contributed by atoms with Crippen LogP contribution in [0, 0.1) is 28.6 Å². The van der Waals surface area contributed by atoms with E-state index in [9.17, 15) is 19.5 Å². The molecule has 0 aromatic heterocycles. The van der Waals surface area contributed by atoms with Crippen LogP contribution in [-0.4, -0.2) is 41.1 Å². The second kappa shape index (κ2) is 4.30. The maximum atomic E-state index is 13.0. The highest BCUT2D eigenvalue weighted by Gasteiger charge is 2.83. The average Bonchev–Trinajstić information content (AvgIpc) is 3.02. The van der Waals surface area contributed by atoms with E-state index >= 15 is 0 Å². The maximum absolute atomic E-state index is 13.0. The van der Waals surface area contributed by atoms with Crippen LogP contribution >= 0.6 is 0 Å². The van der Waals surface area contributed by atoms with Crippen LogP contribution in [-0.2, 0) is 23.9 Å². The van der Waals surface area contributed by atoms with E-state index in [0.29, 0.717) is 25.7 Å². The van der Waals surface area contributed by atoms with Gasteiger partial charge in [-0.1, -0.05) is 6.58 Å². The predicted octanol–water partition coefficient (Wildman–Crippen LogP) is 1.32. The Morgan fingerprint density at radius 1 is 1.42 bits per heavy atom. The fourth-order valence-electron chi connectivity index (χ4n) is 7.09. The molecule has 5 rings (SSSR count). The summed E-state index contributed by atoms with van der Waals surface area (Å²) in [6, 6.07) is 0. The number of ketones is 1. The van der Waals surface area contributed by atoms with Crippen LogP contribution < -0.4 is 0 Å². The van der Waals surface area contributed by atoms with Crippen molar-refractivity contribution >= 4 is 17.7 Å². The molecule has 3 saturated carbocycles. The van der Waals surface area contributed by atoms with E-state index in [1.165, 1.54) is 13.2 Å². The van der Waals surface area contributed by atoms with Crippen LogP contribution in [0.15, 0.2) is 24.3 Å². The Morgan fingerprint density at radius 2 is 2.15 bits per heavy atom. The Morgan fingerprint density at radius 3 is 2.85 bits per heavy atom. The summed E-state index contributed by atoms with van der Waals surface area (Å²) in [6.45, 7) is 5.66. The zero-order valence-corrected chi connectivity index (χ0v) is 14.9. The van der Waals surface area contributed by atoms with Crippen molar-refractivity contribution in [2.75, 3.05) is 7.11 Å². The summed E-state index contributed by atoms with van der Waals surface area (Å²) in [4.78, 5) is 38.4. The summed E-state index contributed by atoms with van der Waals surface area (Å²) in [5, 5.41) is 11.0. The lowest BCUT2D eigenvalue weighted by atomic mass is 9.61. The largest absolute Gasteiger partial charge is 0.469 e. The molecule has 26 heavy (non-hydrogen) atoms. The third-order valence-electron chi connectivity index (χ3n) is 8.12. The number of hydrogen-bond donors (Lipinski definition) is 1. The summed E-state index contributed by atoms with van der Waals surface area (Å²) < 4.78 is 11.0. The van der Waals surface area contributed by atoms with E-state index in [4.69, 9.17) is 9.47 Å². The first-order valence-electron chi connectivity index (χ1n) is 9.11. The van der Waals surface area contributed by atoms with Crippen molar-refractivity contribution in [3.63, 3.8) is 0 Å². The van der Waals surface area contributed by atoms with Gasteiger partial charge >= 0.3 is 11.9 Å². The number of rotatable bonds is 1. The molecule has 138 valence electrons. The van der Waals surface area contributed by atoms with Gasteiger partial charge < -0.3 is 14.6 Å². The molecule has 1 aliphatic heterocycles. The average molecular weight is 358 g/mol. The molecule has 0 radical (unpaired) electrons. The van der Waals surface area contributed by atoms with Crippen LogP contribution in [0.3, 0.4) is 0 Å². The highest BCUT2D eigenvalue weighted by molar-refractivity contribution is 6.13. The number of aliphatic hydroxyl groups is 1. The van der Waals surface area contributed by atoms with Gasteiger partial charge in [-0.05, 0) is 55.7 Å². The van der Waals surface area contributed by atoms with Crippen molar-refractivity contribution in [1.82, 2.24) is 0 Å². The van der Waals surface area contributed by atoms with Gasteiger partial charge in [-0.2, -0.15) is 0 Å². The molecule has 0 amide bonds. The summed E-state index contributed by atoms with van der Waals surface area (Å²) in [7, 11) is 1.32. The van der Waals surface area contributed by atoms with Gasteiger partial charge in [0.25, 0.3) is 0 Å². The second-order valence-electron chi connectivity index (χ2n) is 8.93. The monoisotopic (exact) mass is 358 g/mol. The summed E-state index contributed by atoms with van der Waals surface area (Å²) >= 11 is 0. The van der Waals surface area contributed by atoms with Gasteiger partial charge in [0.05, 0.1) is 18.6 Å². The lowest BCUT2D eigenvalue weighted by molar-refractivity contribution is -0.162. The lowest BCUT2D eigenvalue weighted by Gasteiger charge is -2.44. The lowest BCUT2D eigenvalue weighted by Crippen LogP contribution is -2.49. The van der Waals surface area contributed by atoms with E-state index in [2.05, 4.69) is 6.58 Å². The quantitative estimate of drug-likeness (QED) is 0.432. The third-order valence-corrected chi connectivity index (χ3v) is 8.12. The van der Waals surface area contributed by atoms with E-state index < -0.39 is 45.8 Å². The molecular weight excluding hydrogens is 336 g/mol. The Kier molecular flexibility index (Phi) is 2.69. The number of carbonyl (C=O) groups is 3. The normalized spacial score (nSPS) is 53.3. The van der Waals surface area contributed by atoms with Gasteiger partial charge in [0.15, 0.2) is 5.78 Å². The molecule has 0 aromatic rings. The maximum Gasteiger partial charge on any atom is 0.321 e. The Hall–Kier alpha value is -1.95. The van der Waals surface area contributed by atoms with Crippen LogP contribution in [0.4, 0.5) is 0 Å². The van der Waals surface area contributed by atoms with E-state index in [1.54, 1.807) is 13.0 Å². The van der Waals surface area contributed by atoms with Crippen LogP contribution in [0.25, 0.3) is 0 Å². The summed E-state index contributed by atoms with van der Waals surface area (Å²) in [5.41, 5.74) is -3.23. The Bertz CT molecular complexity index is 828. The van der Waals surface area contributed by atoms with Gasteiger partial charge in [-0.15, -0.1) is 0 Å². The van der Waals surface area contributed by atoms with Crippen LogP contribution in [0.2, 0.25) is 0 Å². The SMILES string of the molecule is C=C1C[C@]23C[C@@]1(O)CC[C@H]2[C@@]12C=CC(=O)[C@](C)(C(=O)O1)[C@H]2[C@@H]3C(=O)OC. The highest BCUT2D eigenvalue weighted by atomic mass is 16.6. The molecule has 6 nitrogen and oxygen atoms in total. The Labute approximate surface area is 151 Å². The van der Waals surface area contributed by atoms with E-state index in [0.717, 1.165) is 5.57 Å². The molecule has 6 heteroatoms. The molecule has 4 fully saturated rings. The van der Waals surface area contributed by atoms with Crippen LogP contribution in [0.5, 0.6) is 0 Å². The summed E-state index contributed by atoms with van der Waals surface area (Å²) in [6.07, 6.45) is 5.17. The van der Waals surface area contributed by atoms with Crippen molar-refractivity contribution in [3.05, 3.63) is 24.3 Å². The Balaban J connectivity index is 1.79. The first kappa shape index (κ1) is 16.2. The number of ether oxygens (including phenoxy) is 2. The first-order chi connectivity index (χ1) is 12.2. The zero-order valence-electron chi connectivity index (χ0n) is 14.9. The van der Waals surface area contributed by atoms with Gasteiger partial charge in [0, 0.05) is 11.8 Å². The van der Waals surface area contributed by atoms with Crippen molar-refractivity contribution in [2.24, 2.45) is 28.6 Å². The van der Waals surface area contributed by atoms with Gasteiger partial charge in [-0.3, -0.25) is 14.4 Å². The number of esters is 2. The molecule has 4 aliphatic carbocycles. The van der Waals surface area contributed by atoms with Crippen LogP contribution in [0.1, 0.15) is 32.6 Å². The van der Waals surface area contributed by atoms with Gasteiger partial charge in [0.2, 0.25) is 0 Å². The third kappa shape index (κ3) is 1.38. The second-order valence-corrected chi connectivity index (χ2v) is 8.93. The number of carbonyl (C=O) groups excluding carboxylic acids is 3. The minimum atomic E-state index is -1.39. The number of allylic oxidation sites excluding steroid dienone is 1. The summed E-state index contributed by atoms with van der Waals surface area (Å²) in [5.74, 6) is -2.75. The fraction of sp³-hybridized carbons (Fsp3) is 0.650. The molecule has 1 spiro atoms. The van der Waals surface area contributed by atoms with E-state index in [1.807, 2.05) is 0 Å². The van der Waals surface area contributed by atoms with Crippen molar-refractivity contribution < 1.29 is 29.0 Å². The molecule has 4 bridgehead atoms. The molecule has 1 saturated heterocycles. The molecule has 0 unspecified atom stereocenters. The molecule has 5 aliphatic rings. The minimum absolute atomic E-state index is 0.140. The minimum Gasteiger partial charge on any atom is -0.469 e. The number of methoxy groups -OCH3 is 1. The highest BCUT2D eigenvalue weighted by Crippen LogP contribution is 2.77. The van der Waals surface area contributed by atoms with E-state index in [-0.39, 0.29) is 11.7 Å². The topological polar surface area (TPSA) is 89.9 Å². The zero-order chi connectivity index (χ0) is 18.7. The van der Waals surface area contributed by atoms with Crippen molar-refractivity contribution in [1.29, 1.82) is 0 Å². The number of fused-ring (bicyclic) bond motifs is 1. The number of hydrogen-bond acceptors (Lipinski definition) is 6. The molecule has 1 N–H and O–H groups in total. The molecule has 7 atom stereocenters. The molecular formula is C20H22O6. The van der Waals surface area contributed by atoms with Gasteiger partial charge in [-0.25, -0.2) is 0 Å².